The molecule has 0 aliphatic rings. The van der Waals surface area contributed by atoms with Crippen LogP contribution in [0.1, 0.15) is 54.0 Å². The van der Waals surface area contributed by atoms with E-state index in [4.69, 9.17) is 0 Å². The number of unbranched alkanes of at least 4 members (excludes halogenated alkanes) is 2. The molecule has 0 unspecified atom stereocenters. The van der Waals surface area contributed by atoms with Gasteiger partial charge in [0, 0.05) is 36.4 Å². The van der Waals surface area contributed by atoms with Crippen LogP contribution in [-0.4, -0.2) is 0 Å². The first-order valence-electron chi connectivity index (χ1n) is 14.5. The molecule has 0 saturated heterocycles. The molecule has 4 rings (SSSR count). The molecular weight excluding hydrogens is 748 g/mol. The molecular formula is C33H20F16O3. The van der Waals surface area contributed by atoms with Crippen LogP contribution >= 0.6 is 0 Å². The minimum absolute atomic E-state index is 0.185. The van der Waals surface area contributed by atoms with Crippen LogP contribution in [0.25, 0.3) is 0 Å². The fourth-order valence-electron chi connectivity index (χ4n) is 4.78. The molecule has 0 aliphatic carbocycles. The maximum absolute atomic E-state index is 14.9. The summed E-state index contributed by atoms with van der Waals surface area (Å²) in [6.07, 6.45) is -18.2. The molecule has 0 saturated carbocycles. The monoisotopic (exact) mass is 768 g/mol. The second-order valence-corrected chi connectivity index (χ2v) is 10.9. The molecule has 4 aromatic carbocycles. The van der Waals surface area contributed by atoms with Gasteiger partial charge in [-0.2, -0.15) is 39.5 Å². The van der Waals surface area contributed by atoms with Gasteiger partial charge in [-0.15, -0.1) is 0 Å². The maximum atomic E-state index is 14.9. The third kappa shape index (κ3) is 8.78. The van der Waals surface area contributed by atoms with Gasteiger partial charge in [0.25, 0.3) is 0 Å². The molecule has 0 bridgehead atoms. The van der Waals surface area contributed by atoms with Crippen LogP contribution in [0.15, 0.2) is 54.6 Å². The molecule has 0 aromatic heterocycles. The van der Waals surface area contributed by atoms with Crippen molar-refractivity contribution in [3.63, 3.8) is 0 Å². The Bertz CT molecular complexity index is 1870. The van der Waals surface area contributed by atoms with Crippen LogP contribution in [0, 0.1) is 40.7 Å². The van der Waals surface area contributed by atoms with E-state index in [2.05, 4.69) is 14.2 Å². The highest BCUT2D eigenvalue weighted by Gasteiger charge is 2.46. The predicted molar refractivity (Wildman–Crippen MR) is 147 cm³/mol. The number of benzene rings is 4. The van der Waals surface area contributed by atoms with Gasteiger partial charge in [-0.25, -0.2) is 30.7 Å². The van der Waals surface area contributed by atoms with E-state index < -0.39 is 105 Å². The highest BCUT2D eigenvalue weighted by atomic mass is 19.4. The van der Waals surface area contributed by atoms with Crippen molar-refractivity contribution in [3.8, 4) is 17.2 Å². The average molecular weight is 768 g/mol. The molecule has 0 spiro atoms. The Morgan fingerprint density at radius 2 is 0.808 bits per heavy atom. The third-order valence-corrected chi connectivity index (χ3v) is 7.07. The Hall–Kier alpha value is -4.84. The van der Waals surface area contributed by atoms with E-state index in [1.54, 1.807) is 0 Å². The van der Waals surface area contributed by atoms with Gasteiger partial charge in [-0.1, -0.05) is 25.8 Å². The fourth-order valence-corrected chi connectivity index (χ4v) is 4.78. The lowest BCUT2D eigenvalue weighted by Crippen LogP contribution is -2.28. The first-order valence-corrected chi connectivity index (χ1v) is 14.5. The van der Waals surface area contributed by atoms with E-state index in [1.165, 1.54) is 0 Å². The summed E-state index contributed by atoms with van der Waals surface area (Å²) in [5.74, 6) is -20.8. The van der Waals surface area contributed by atoms with E-state index in [0.29, 0.717) is 24.5 Å². The summed E-state index contributed by atoms with van der Waals surface area (Å²) in [6.45, 7) is 1.90. The number of hydrogen-bond acceptors (Lipinski definition) is 3. The second-order valence-electron chi connectivity index (χ2n) is 10.9. The molecule has 19 heteroatoms. The molecule has 0 heterocycles. The zero-order valence-corrected chi connectivity index (χ0v) is 25.8. The molecule has 52 heavy (non-hydrogen) atoms. The normalized spacial score (nSPS) is 12.6. The Morgan fingerprint density at radius 3 is 1.15 bits per heavy atom. The standard InChI is InChI=1S/C33H20F16O3/c1-2-3-4-5-15-6-7-19(20(34)8-15)31(44,45)50-16-11-23(37)28(24(38)12-16)33(48,49)52-18-13-25(39)29(26(40)14-18)32(46,47)51-17-9-21(35)27(22(36)10-17)30(41,42)43/h6-14H,2-5H2,1H3. The van der Waals surface area contributed by atoms with Crippen LogP contribution in [0.4, 0.5) is 70.2 Å². The summed E-state index contributed by atoms with van der Waals surface area (Å²) in [7, 11) is 0. The van der Waals surface area contributed by atoms with E-state index in [-0.39, 0.29) is 36.4 Å². The summed E-state index contributed by atoms with van der Waals surface area (Å²) in [4.78, 5) is 0. The number of hydrogen-bond donors (Lipinski definition) is 0. The van der Waals surface area contributed by atoms with Crippen LogP contribution in [0.5, 0.6) is 17.2 Å². The van der Waals surface area contributed by atoms with E-state index in [1.807, 2.05) is 6.92 Å². The minimum Gasteiger partial charge on any atom is -0.429 e. The van der Waals surface area contributed by atoms with Gasteiger partial charge in [-0.3, -0.25) is 0 Å². The molecule has 3 nitrogen and oxygen atoms in total. The van der Waals surface area contributed by atoms with Gasteiger partial charge >= 0.3 is 24.5 Å². The smallest absolute Gasteiger partial charge is 0.429 e. The van der Waals surface area contributed by atoms with Crippen LogP contribution < -0.4 is 14.2 Å². The molecule has 0 N–H and O–H groups in total. The third-order valence-electron chi connectivity index (χ3n) is 7.07. The predicted octanol–water partition coefficient (Wildman–Crippen LogP) is 11.8. The van der Waals surface area contributed by atoms with Crippen molar-refractivity contribution in [2.24, 2.45) is 0 Å². The first kappa shape index (κ1) is 39.9. The SMILES string of the molecule is CCCCCc1ccc(C(F)(F)Oc2cc(F)c(C(F)(F)Oc3cc(F)c(C(F)(F)Oc4cc(F)c(C(F)(F)F)c(F)c4)c(F)c3)c(F)c2)c(F)c1. The van der Waals surface area contributed by atoms with E-state index >= 15 is 0 Å². The van der Waals surface area contributed by atoms with E-state index in [0.717, 1.165) is 25.0 Å². The van der Waals surface area contributed by atoms with Gasteiger partial charge in [-0.05, 0) is 30.5 Å². The highest BCUT2D eigenvalue weighted by Crippen LogP contribution is 2.43. The Kier molecular flexibility index (Phi) is 11.3. The summed E-state index contributed by atoms with van der Waals surface area (Å²) >= 11 is 0. The molecule has 4 aromatic rings. The average Bonchev–Trinajstić information content (AvgIpc) is 2.94. The van der Waals surface area contributed by atoms with Crippen molar-refractivity contribution in [2.75, 3.05) is 0 Å². The lowest BCUT2D eigenvalue weighted by molar-refractivity contribution is -0.192. The second kappa shape index (κ2) is 14.7. The van der Waals surface area contributed by atoms with Crippen molar-refractivity contribution < 1.29 is 84.5 Å². The summed E-state index contributed by atoms with van der Waals surface area (Å²) in [5.41, 5.74) is -8.31. The quantitative estimate of drug-likeness (QED) is 0.100. The molecule has 0 aliphatic heterocycles. The van der Waals surface area contributed by atoms with E-state index in [9.17, 15) is 70.2 Å². The van der Waals surface area contributed by atoms with Gasteiger partial charge < -0.3 is 14.2 Å². The van der Waals surface area contributed by atoms with Crippen molar-refractivity contribution in [3.05, 3.63) is 123 Å². The fraction of sp³-hybridized carbons (Fsp3) is 0.273. The zero-order chi connectivity index (χ0) is 39.0. The summed E-state index contributed by atoms with van der Waals surface area (Å²) < 4.78 is 239. The number of rotatable bonds is 13. The maximum Gasteiger partial charge on any atom is 0.432 e. The Balaban J connectivity index is 1.55. The van der Waals surface area contributed by atoms with Gasteiger partial charge in [0.2, 0.25) is 0 Å². The van der Waals surface area contributed by atoms with Gasteiger partial charge in [0.05, 0.1) is 5.56 Å². The highest BCUT2D eigenvalue weighted by molar-refractivity contribution is 5.38. The summed E-state index contributed by atoms with van der Waals surface area (Å²) in [5, 5.41) is 0. The molecule has 0 fully saturated rings. The zero-order valence-electron chi connectivity index (χ0n) is 25.8. The summed E-state index contributed by atoms with van der Waals surface area (Å²) in [6, 6.07) is 0.687. The first-order chi connectivity index (χ1) is 24.0. The van der Waals surface area contributed by atoms with Crippen molar-refractivity contribution in [2.45, 2.75) is 57.1 Å². The molecule has 282 valence electrons. The van der Waals surface area contributed by atoms with Crippen molar-refractivity contribution in [1.82, 2.24) is 0 Å². The van der Waals surface area contributed by atoms with Crippen LogP contribution in [0.3, 0.4) is 0 Å². The Morgan fingerprint density at radius 1 is 0.442 bits per heavy atom. The molecule has 0 radical (unpaired) electrons. The van der Waals surface area contributed by atoms with Crippen molar-refractivity contribution >= 4 is 0 Å². The topological polar surface area (TPSA) is 27.7 Å². The lowest BCUT2D eigenvalue weighted by atomic mass is 10.0. The van der Waals surface area contributed by atoms with Crippen LogP contribution in [0.2, 0.25) is 0 Å². The van der Waals surface area contributed by atoms with Crippen LogP contribution in [-0.2, 0) is 30.9 Å². The van der Waals surface area contributed by atoms with Crippen molar-refractivity contribution in [1.29, 1.82) is 0 Å². The number of alkyl halides is 9. The Labute approximate surface area is 282 Å². The minimum atomic E-state index is -5.62. The number of ether oxygens (including phenoxy) is 3. The number of aryl methyl sites for hydroxylation is 1. The largest absolute Gasteiger partial charge is 0.432 e. The van der Waals surface area contributed by atoms with Gasteiger partial charge in [0.15, 0.2) is 0 Å². The number of halogens is 16. The molecule has 0 atom stereocenters. The van der Waals surface area contributed by atoms with Gasteiger partial charge in [0.1, 0.15) is 74.7 Å². The lowest BCUT2D eigenvalue weighted by Gasteiger charge is -2.23. The molecule has 0 amide bonds.